The van der Waals surface area contributed by atoms with E-state index in [0.29, 0.717) is 21.3 Å². The van der Waals surface area contributed by atoms with Crippen LogP contribution in [0.25, 0.3) is 6.08 Å². The van der Waals surface area contributed by atoms with Crippen molar-refractivity contribution in [3.63, 3.8) is 0 Å². The quantitative estimate of drug-likeness (QED) is 0.426. The molecule has 0 radical (unpaired) electrons. The Kier molecular flexibility index (Phi) is 5.44. The van der Waals surface area contributed by atoms with Crippen LogP contribution < -0.4 is 14.6 Å². The number of carbonyl (C=O) groups is 1. The molecule has 0 aliphatic carbocycles. The van der Waals surface area contributed by atoms with Gasteiger partial charge in [0.2, 0.25) is 0 Å². The average molecular weight is 420 g/mol. The fourth-order valence-electron chi connectivity index (χ4n) is 2.15. The molecular weight excluding hydrogens is 408 g/mol. The van der Waals surface area contributed by atoms with Crippen LogP contribution in [0.1, 0.15) is 5.56 Å². The Balaban J connectivity index is 1.73. The lowest BCUT2D eigenvalue weighted by Crippen LogP contribution is -2.19. The molecule has 144 valence electrons. The van der Waals surface area contributed by atoms with Crippen LogP contribution in [0, 0.1) is 10.1 Å². The van der Waals surface area contributed by atoms with Crippen molar-refractivity contribution in [1.82, 2.24) is 5.32 Å². The minimum Gasteiger partial charge on any atom is -0.371 e. The molecule has 0 bridgehead atoms. The van der Waals surface area contributed by atoms with Crippen molar-refractivity contribution in [3.05, 3.63) is 69.1 Å². The molecule has 12 heteroatoms. The number of hydrogen-bond acceptors (Lipinski definition) is 8. The summed E-state index contributed by atoms with van der Waals surface area (Å²) in [4.78, 5) is 26.9. The van der Waals surface area contributed by atoms with E-state index in [1.807, 2.05) is 0 Å². The van der Waals surface area contributed by atoms with Crippen LogP contribution in [0.4, 0.5) is 11.4 Å². The molecule has 2 aromatic rings. The van der Waals surface area contributed by atoms with Gasteiger partial charge in [0, 0.05) is 12.1 Å². The largest absolute Gasteiger partial charge is 0.380 e. The van der Waals surface area contributed by atoms with Gasteiger partial charge in [-0.1, -0.05) is 0 Å². The van der Waals surface area contributed by atoms with Gasteiger partial charge in [-0.15, -0.1) is 0 Å². The second-order valence-corrected chi connectivity index (χ2v) is 7.58. The van der Waals surface area contributed by atoms with Gasteiger partial charge in [-0.2, -0.15) is 13.6 Å². The summed E-state index contributed by atoms with van der Waals surface area (Å²) in [5.41, 5.74) is 1.05. The Labute approximate surface area is 163 Å². The van der Waals surface area contributed by atoms with Crippen LogP contribution in [-0.2, 0) is 15.1 Å². The van der Waals surface area contributed by atoms with Crippen molar-refractivity contribution in [2.45, 2.75) is 0 Å². The van der Waals surface area contributed by atoms with E-state index in [4.69, 9.17) is 5.14 Å². The third-order valence-corrected chi connectivity index (χ3v) is 4.67. The third kappa shape index (κ3) is 5.16. The average Bonchev–Trinajstić information content (AvgIpc) is 2.95. The molecule has 3 rings (SSSR count). The molecule has 1 aliphatic heterocycles. The van der Waals surface area contributed by atoms with Crippen LogP contribution >= 0.6 is 11.8 Å². The summed E-state index contributed by atoms with van der Waals surface area (Å²) >= 11 is 1.10. The molecule has 1 saturated heterocycles. The molecule has 0 aromatic heterocycles. The number of non-ortho nitro benzene ring substituents is 1. The molecule has 0 unspecified atom stereocenters. The van der Waals surface area contributed by atoms with E-state index in [2.05, 4.69) is 14.5 Å². The van der Waals surface area contributed by atoms with E-state index in [-0.39, 0.29) is 17.3 Å². The van der Waals surface area contributed by atoms with Gasteiger partial charge >= 0.3 is 10.3 Å². The Morgan fingerprint density at radius 3 is 2.36 bits per heavy atom. The number of rotatable bonds is 5. The molecule has 1 aliphatic rings. The molecule has 1 amide bonds. The minimum atomic E-state index is -4.11. The molecular formula is C16H12N4O6S2. The van der Waals surface area contributed by atoms with Gasteiger partial charge in [0.1, 0.15) is 5.75 Å². The summed E-state index contributed by atoms with van der Waals surface area (Å²) < 4.78 is 26.3. The molecule has 0 spiro atoms. The van der Waals surface area contributed by atoms with Crippen molar-refractivity contribution in [2.24, 2.45) is 10.1 Å². The Morgan fingerprint density at radius 1 is 1.14 bits per heavy atom. The number of amidine groups is 1. The monoisotopic (exact) mass is 420 g/mol. The maximum Gasteiger partial charge on any atom is 0.380 e. The zero-order chi connectivity index (χ0) is 20.3. The van der Waals surface area contributed by atoms with E-state index in [1.165, 1.54) is 36.4 Å². The van der Waals surface area contributed by atoms with Crippen LogP contribution in [-0.4, -0.2) is 24.4 Å². The van der Waals surface area contributed by atoms with E-state index in [1.54, 1.807) is 18.2 Å². The fraction of sp³-hybridized carbons (Fsp3) is 0. The number of aliphatic imine (C=N–C) groups is 1. The summed E-state index contributed by atoms with van der Waals surface area (Å²) in [6, 6.07) is 11.5. The first-order chi connectivity index (χ1) is 13.2. The highest BCUT2D eigenvalue weighted by Gasteiger charge is 2.23. The van der Waals surface area contributed by atoms with Crippen molar-refractivity contribution in [2.75, 3.05) is 0 Å². The smallest absolute Gasteiger partial charge is 0.371 e. The molecule has 3 N–H and O–H groups in total. The highest BCUT2D eigenvalue weighted by molar-refractivity contribution is 8.18. The number of nitro benzene ring substituents is 1. The maximum atomic E-state index is 12.1. The summed E-state index contributed by atoms with van der Waals surface area (Å²) in [7, 11) is -4.11. The molecule has 2 aromatic carbocycles. The first kappa shape index (κ1) is 19.5. The number of carbonyl (C=O) groups excluding carboxylic acids is 1. The van der Waals surface area contributed by atoms with Crippen molar-refractivity contribution in [1.29, 1.82) is 0 Å². The first-order valence-electron chi connectivity index (χ1n) is 7.56. The summed E-state index contributed by atoms with van der Waals surface area (Å²) in [6.45, 7) is 0. The Bertz CT molecular complexity index is 1090. The van der Waals surface area contributed by atoms with Crippen molar-refractivity contribution < 1.29 is 22.3 Å². The SMILES string of the molecule is NS(=O)(=O)Oc1ccc(N=C2NC(=O)/C(=C\c3ccc([N+](=O)[O-])cc3)S2)cc1. The summed E-state index contributed by atoms with van der Waals surface area (Å²) in [5.74, 6) is -0.315. The number of benzene rings is 2. The van der Waals surface area contributed by atoms with Crippen molar-refractivity contribution >= 4 is 50.6 Å². The fourth-order valence-corrected chi connectivity index (χ4v) is 3.37. The highest BCUT2D eigenvalue weighted by Crippen LogP contribution is 2.29. The lowest BCUT2D eigenvalue weighted by Gasteiger charge is -2.02. The van der Waals surface area contributed by atoms with Crippen LogP contribution in [0.15, 0.2) is 58.4 Å². The number of amides is 1. The minimum absolute atomic E-state index is 0.0355. The van der Waals surface area contributed by atoms with E-state index in [0.717, 1.165) is 11.8 Å². The topological polar surface area (TPSA) is 154 Å². The number of hydrogen-bond donors (Lipinski definition) is 2. The van der Waals surface area contributed by atoms with Crippen LogP contribution in [0.5, 0.6) is 5.75 Å². The van der Waals surface area contributed by atoms with Gasteiger partial charge in [0.15, 0.2) is 5.17 Å². The lowest BCUT2D eigenvalue weighted by molar-refractivity contribution is -0.384. The van der Waals surface area contributed by atoms with Gasteiger partial charge < -0.3 is 9.50 Å². The number of nitrogens with one attached hydrogen (secondary N) is 1. The number of nitrogens with two attached hydrogens (primary N) is 1. The first-order valence-corrected chi connectivity index (χ1v) is 9.85. The zero-order valence-electron chi connectivity index (χ0n) is 13.9. The summed E-state index contributed by atoms with van der Waals surface area (Å²) in [5, 5.41) is 18.4. The molecule has 28 heavy (non-hydrogen) atoms. The number of nitrogens with zero attached hydrogens (tertiary/aromatic N) is 2. The standard InChI is InChI=1S/C16H12N4O6S2/c17-28(24,25)26-13-7-3-11(4-8-13)18-16-19-15(21)14(27-16)9-10-1-5-12(6-2-10)20(22)23/h1-9H,(H2,17,24,25)(H,18,19,21)/b14-9+. The molecule has 1 fully saturated rings. The second kappa shape index (κ2) is 7.80. The van der Waals surface area contributed by atoms with E-state index < -0.39 is 15.2 Å². The predicted octanol–water partition coefficient (Wildman–Crippen LogP) is 2.07. The molecule has 1 heterocycles. The van der Waals surface area contributed by atoms with E-state index >= 15 is 0 Å². The van der Waals surface area contributed by atoms with Crippen molar-refractivity contribution in [3.8, 4) is 5.75 Å². The van der Waals surface area contributed by atoms with Gasteiger partial charge in [0.05, 0.1) is 15.5 Å². The predicted molar refractivity (Wildman–Crippen MR) is 104 cm³/mol. The zero-order valence-corrected chi connectivity index (χ0v) is 15.6. The Hall–Kier alpha value is -3.22. The normalized spacial score (nSPS) is 17.0. The second-order valence-electron chi connectivity index (χ2n) is 5.40. The number of thioether (sulfide) groups is 1. The lowest BCUT2D eigenvalue weighted by atomic mass is 10.2. The summed E-state index contributed by atoms with van der Waals surface area (Å²) in [6.07, 6.45) is 1.59. The van der Waals surface area contributed by atoms with Gasteiger partial charge in [-0.3, -0.25) is 14.9 Å². The van der Waals surface area contributed by atoms with Crippen LogP contribution in [0.2, 0.25) is 0 Å². The van der Waals surface area contributed by atoms with Gasteiger partial charge in [0.25, 0.3) is 11.6 Å². The highest BCUT2D eigenvalue weighted by atomic mass is 32.2. The van der Waals surface area contributed by atoms with Gasteiger partial charge in [-0.05, 0) is 59.8 Å². The molecule has 0 saturated carbocycles. The molecule has 10 nitrogen and oxygen atoms in total. The van der Waals surface area contributed by atoms with Gasteiger partial charge in [-0.25, -0.2) is 4.99 Å². The van der Waals surface area contributed by atoms with E-state index in [9.17, 15) is 23.3 Å². The Morgan fingerprint density at radius 2 is 1.79 bits per heavy atom. The maximum absolute atomic E-state index is 12.1. The third-order valence-electron chi connectivity index (χ3n) is 3.33. The number of nitro groups is 1. The van der Waals surface area contributed by atoms with Crippen LogP contribution in [0.3, 0.4) is 0 Å². The molecule has 0 atom stereocenters.